The van der Waals surface area contributed by atoms with Crippen molar-refractivity contribution in [3.05, 3.63) is 48.2 Å². The number of aliphatic carboxylic acids is 1. The summed E-state index contributed by atoms with van der Waals surface area (Å²) in [6.07, 6.45) is 4.89. The van der Waals surface area contributed by atoms with Crippen LogP contribution in [0.3, 0.4) is 0 Å². The van der Waals surface area contributed by atoms with Gasteiger partial charge in [-0.3, -0.25) is 9.78 Å². The molecule has 7 heteroatoms. The number of anilines is 1. The number of hydrogen-bond acceptors (Lipinski definition) is 5. The Labute approximate surface area is 138 Å². The zero-order valence-electron chi connectivity index (χ0n) is 13.2. The summed E-state index contributed by atoms with van der Waals surface area (Å²) in [5, 5.41) is 9.22. The van der Waals surface area contributed by atoms with Crippen molar-refractivity contribution in [3.63, 3.8) is 0 Å². The third-order valence-electron chi connectivity index (χ3n) is 4.10. The summed E-state index contributed by atoms with van der Waals surface area (Å²) in [7, 11) is 0. The fraction of sp³-hybridized carbons (Fsp3) is 0.353. The predicted octanol–water partition coefficient (Wildman–Crippen LogP) is 2.49. The fourth-order valence-electron chi connectivity index (χ4n) is 2.91. The molecule has 2 aromatic heterocycles. The summed E-state index contributed by atoms with van der Waals surface area (Å²) >= 11 is 0. The van der Waals surface area contributed by atoms with Gasteiger partial charge in [0.1, 0.15) is 12.4 Å². The van der Waals surface area contributed by atoms with Crippen molar-refractivity contribution in [1.82, 2.24) is 9.97 Å². The minimum Gasteiger partial charge on any atom is -0.485 e. The Morgan fingerprint density at radius 1 is 1.50 bits per heavy atom. The quantitative estimate of drug-likeness (QED) is 0.907. The van der Waals surface area contributed by atoms with Crippen LogP contribution in [-0.4, -0.2) is 33.6 Å². The van der Waals surface area contributed by atoms with Crippen LogP contribution in [0.5, 0.6) is 5.75 Å². The molecule has 24 heavy (non-hydrogen) atoms. The highest BCUT2D eigenvalue weighted by Gasteiger charge is 2.35. The summed E-state index contributed by atoms with van der Waals surface area (Å²) in [5.74, 6) is -0.478. The van der Waals surface area contributed by atoms with E-state index in [0.29, 0.717) is 30.1 Å². The number of carboxylic acid groups (broad SMARTS) is 1. The average molecular weight is 331 g/mol. The van der Waals surface area contributed by atoms with E-state index in [1.807, 2.05) is 11.8 Å². The van der Waals surface area contributed by atoms with Crippen molar-refractivity contribution >= 4 is 11.8 Å². The number of hydrogen-bond donors (Lipinski definition) is 1. The second-order valence-corrected chi connectivity index (χ2v) is 5.90. The van der Waals surface area contributed by atoms with E-state index in [-0.39, 0.29) is 12.6 Å². The van der Waals surface area contributed by atoms with Crippen LogP contribution in [0.4, 0.5) is 10.2 Å². The standard InChI is InChI=1S/C17H18FN3O3/c1-11-5-13(17(22)23)9-21(11)16-15(3-2-4-20-16)24-10-12-6-14(18)8-19-7-12/h2-4,6-8,11,13H,5,9-10H2,1H3,(H,22,23). The zero-order valence-corrected chi connectivity index (χ0v) is 13.2. The molecule has 1 N–H and O–H groups in total. The van der Waals surface area contributed by atoms with Crippen molar-refractivity contribution in [2.24, 2.45) is 5.92 Å². The molecule has 6 nitrogen and oxygen atoms in total. The molecular formula is C17H18FN3O3. The molecule has 2 unspecified atom stereocenters. The minimum absolute atomic E-state index is 0.0548. The maximum atomic E-state index is 13.2. The molecule has 3 rings (SSSR count). The second kappa shape index (κ2) is 6.82. The Morgan fingerprint density at radius 2 is 2.33 bits per heavy atom. The van der Waals surface area contributed by atoms with Gasteiger partial charge in [0.05, 0.1) is 12.1 Å². The predicted molar refractivity (Wildman–Crippen MR) is 85.3 cm³/mol. The lowest BCUT2D eigenvalue weighted by Crippen LogP contribution is -2.28. The second-order valence-electron chi connectivity index (χ2n) is 5.90. The van der Waals surface area contributed by atoms with Crippen LogP contribution >= 0.6 is 0 Å². The first-order chi connectivity index (χ1) is 11.5. The molecule has 0 amide bonds. The van der Waals surface area contributed by atoms with Crippen molar-refractivity contribution in [1.29, 1.82) is 0 Å². The largest absolute Gasteiger partial charge is 0.485 e. The van der Waals surface area contributed by atoms with Gasteiger partial charge in [0.25, 0.3) is 0 Å². The van der Waals surface area contributed by atoms with Crippen LogP contribution in [0.15, 0.2) is 36.8 Å². The summed E-state index contributed by atoms with van der Waals surface area (Å²) in [6, 6.07) is 4.94. The van der Waals surface area contributed by atoms with E-state index >= 15 is 0 Å². The molecule has 2 atom stereocenters. The Morgan fingerprint density at radius 3 is 3.04 bits per heavy atom. The number of halogens is 1. The molecule has 1 aliphatic heterocycles. The highest BCUT2D eigenvalue weighted by Crippen LogP contribution is 2.34. The molecule has 126 valence electrons. The number of aromatic nitrogens is 2. The maximum Gasteiger partial charge on any atom is 0.308 e. The van der Waals surface area contributed by atoms with Crippen molar-refractivity contribution < 1.29 is 19.0 Å². The van der Waals surface area contributed by atoms with Gasteiger partial charge in [-0.2, -0.15) is 0 Å². The molecule has 1 fully saturated rings. The number of pyridine rings is 2. The van der Waals surface area contributed by atoms with E-state index in [1.165, 1.54) is 12.3 Å². The van der Waals surface area contributed by atoms with Gasteiger partial charge < -0.3 is 14.7 Å². The highest BCUT2D eigenvalue weighted by molar-refractivity contribution is 5.72. The SMILES string of the molecule is CC1CC(C(=O)O)CN1c1ncccc1OCc1cncc(F)c1. The van der Waals surface area contributed by atoms with E-state index in [9.17, 15) is 14.3 Å². The van der Waals surface area contributed by atoms with Gasteiger partial charge in [-0.05, 0) is 31.5 Å². The number of ether oxygens (including phenoxy) is 1. The van der Waals surface area contributed by atoms with Crippen LogP contribution in [0.2, 0.25) is 0 Å². The van der Waals surface area contributed by atoms with E-state index < -0.39 is 17.7 Å². The van der Waals surface area contributed by atoms with E-state index in [4.69, 9.17) is 4.74 Å². The molecule has 2 aromatic rings. The molecule has 1 saturated heterocycles. The van der Waals surface area contributed by atoms with E-state index in [2.05, 4.69) is 9.97 Å². The van der Waals surface area contributed by atoms with Gasteiger partial charge in [-0.1, -0.05) is 0 Å². The minimum atomic E-state index is -0.798. The molecule has 3 heterocycles. The summed E-state index contributed by atoms with van der Waals surface area (Å²) < 4.78 is 19.0. The van der Waals surface area contributed by atoms with Crippen molar-refractivity contribution in [3.8, 4) is 5.75 Å². The average Bonchev–Trinajstić information content (AvgIpc) is 2.95. The van der Waals surface area contributed by atoms with Crippen molar-refractivity contribution in [2.45, 2.75) is 26.0 Å². The molecular weight excluding hydrogens is 313 g/mol. The van der Waals surface area contributed by atoms with Crippen LogP contribution in [0, 0.1) is 11.7 Å². The first-order valence-electron chi connectivity index (χ1n) is 7.71. The topological polar surface area (TPSA) is 75.5 Å². The van der Waals surface area contributed by atoms with Gasteiger partial charge in [0, 0.05) is 30.5 Å². The normalized spacial score (nSPS) is 20.2. The van der Waals surface area contributed by atoms with Crippen LogP contribution < -0.4 is 9.64 Å². The number of carbonyl (C=O) groups is 1. The van der Waals surface area contributed by atoms with Gasteiger partial charge in [0.2, 0.25) is 0 Å². The summed E-state index contributed by atoms with van der Waals surface area (Å²) in [4.78, 5) is 21.3. The van der Waals surface area contributed by atoms with Crippen LogP contribution in [0.1, 0.15) is 18.9 Å². The Balaban J connectivity index is 1.77. The molecule has 0 aliphatic carbocycles. The molecule has 1 aliphatic rings. The van der Waals surface area contributed by atoms with Crippen LogP contribution in [-0.2, 0) is 11.4 Å². The molecule has 0 spiro atoms. The molecule has 0 saturated carbocycles. The third kappa shape index (κ3) is 3.45. The number of nitrogens with zero attached hydrogens (tertiary/aromatic N) is 3. The Kier molecular flexibility index (Phi) is 4.59. The lowest BCUT2D eigenvalue weighted by Gasteiger charge is -2.24. The Bertz CT molecular complexity index is 741. The smallest absolute Gasteiger partial charge is 0.308 e. The Hall–Kier alpha value is -2.70. The third-order valence-corrected chi connectivity index (χ3v) is 4.10. The number of carboxylic acids is 1. The number of rotatable bonds is 5. The van der Waals surface area contributed by atoms with Gasteiger partial charge in [-0.25, -0.2) is 9.37 Å². The van der Waals surface area contributed by atoms with Gasteiger partial charge in [-0.15, -0.1) is 0 Å². The fourth-order valence-corrected chi connectivity index (χ4v) is 2.91. The summed E-state index contributed by atoms with van der Waals surface area (Å²) in [5.41, 5.74) is 0.614. The van der Waals surface area contributed by atoms with Crippen LogP contribution in [0.25, 0.3) is 0 Å². The highest BCUT2D eigenvalue weighted by atomic mass is 19.1. The van der Waals surface area contributed by atoms with Gasteiger partial charge in [0.15, 0.2) is 11.6 Å². The van der Waals surface area contributed by atoms with Gasteiger partial charge >= 0.3 is 5.97 Å². The molecule has 0 bridgehead atoms. The first kappa shape index (κ1) is 16.2. The maximum absolute atomic E-state index is 13.2. The van der Waals surface area contributed by atoms with Crippen molar-refractivity contribution in [2.75, 3.05) is 11.4 Å². The van der Waals surface area contributed by atoms with E-state index in [1.54, 1.807) is 18.3 Å². The summed E-state index contributed by atoms with van der Waals surface area (Å²) in [6.45, 7) is 2.53. The zero-order chi connectivity index (χ0) is 17.1. The lowest BCUT2D eigenvalue weighted by atomic mass is 10.1. The molecule has 0 aromatic carbocycles. The first-order valence-corrected chi connectivity index (χ1v) is 7.71. The lowest BCUT2D eigenvalue weighted by molar-refractivity contribution is -0.141. The van der Waals surface area contributed by atoms with E-state index in [0.717, 1.165) is 6.20 Å². The monoisotopic (exact) mass is 331 g/mol. The molecule has 0 radical (unpaired) electrons.